The maximum atomic E-state index is 11.4. The van der Waals surface area contributed by atoms with Crippen LogP contribution in [0.1, 0.15) is 26.7 Å². The van der Waals surface area contributed by atoms with Gasteiger partial charge in [0, 0.05) is 32.7 Å². The molecule has 0 amide bonds. The van der Waals surface area contributed by atoms with E-state index in [1.165, 1.54) is 6.26 Å². The Hall–Kier alpha value is -0.820. The van der Waals surface area contributed by atoms with Crippen LogP contribution >= 0.6 is 0 Å². The van der Waals surface area contributed by atoms with E-state index in [0.29, 0.717) is 25.0 Å². The molecule has 1 aliphatic rings. The molecule has 1 rings (SSSR count). The van der Waals surface area contributed by atoms with Crippen molar-refractivity contribution in [3.05, 3.63) is 0 Å². The summed E-state index contributed by atoms with van der Waals surface area (Å²) in [4.78, 5) is 4.15. The minimum absolute atomic E-state index is 0.346. The van der Waals surface area contributed by atoms with Crippen LogP contribution in [0.5, 0.6) is 0 Å². The Bertz CT molecular complexity index is 398. The number of aliphatic imine (C=N–C) groups is 1. The molecule has 0 aromatic rings. The van der Waals surface area contributed by atoms with E-state index in [1.54, 1.807) is 11.4 Å². The molecule has 0 radical (unpaired) electrons. The van der Waals surface area contributed by atoms with Crippen LogP contribution in [0.4, 0.5) is 0 Å². The standard InChI is InChI=1S/C12H26N4O2S/c1-10(2)15-12(13-3)14-9-11-5-7-16(8-6-11)19(4,17)18/h10-11H,5-9H2,1-4H3,(H2,13,14,15). The lowest BCUT2D eigenvalue weighted by Gasteiger charge is -2.30. The predicted molar refractivity (Wildman–Crippen MR) is 78.8 cm³/mol. The normalized spacial score (nSPS) is 19.7. The van der Waals surface area contributed by atoms with Gasteiger partial charge in [-0.15, -0.1) is 0 Å². The molecule has 0 aliphatic carbocycles. The monoisotopic (exact) mass is 290 g/mol. The van der Waals surface area contributed by atoms with Crippen LogP contribution in [-0.4, -0.2) is 57.7 Å². The number of rotatable bonds is 4. The second-order valence-electron chi connectivity index (χ2n) is 5.36. The topological polar surface area (TPSA) is 73.8 Å². The molecule has 6 nitrogen and oxygen atoms in total. The fourth-order valence-electron chi connectivity index (χ4n) is 2.15. The summed E-state index contributed by atoms with van der Waals surface area (Å²) >= 11 is 0. The highest BCUT2D eigenvalue weighted by atomic mass is 32.2. The van der Waals surface area contributed by atoms with E-state index >= 15 is 0 Å². The molecule has 1 heterocycles. The highest BCUT2D eigenvalue weighted by Gasteiger charge is 2.24. The first kappa shape index (κ1) is 16.2. The van der Waals surface area contributed by atoms with Gasteiger partial charge in [-0.05, 0) is 32.6 Å². The lowest BCUT2D eigenvalue weighted by atomic mass is 9.98. The van der Waals surface area contributed by atoms with Crippen molar-refractivity contribution < 1.29 is 8.42 Å². The van der Waals surface area contributed by atoms with Gasteiger partial charge in [-0.1, -0.05) is 0 Å². The summed E-state index contributed by atoms with van der Waals surface area (Å²) in [5, 5.41) is 6.53. The molecule has 0 aromatic heterocycles. The van der Waals surface area contributed by atoms with Crippen LogP contribution in [0.15, 0.2) is 4.99 Å². The molecule has 1 aliphatic heterocycles. The fraction of sp³-hybridized carbons (Fsp3) is 0.917. The number of nitrogens with zero attached hydrogens (tertiary/aromatic N) is 2. The third-order valence-electron chi connectivity index (χ3n) is 3.25. The third kappa shape index (κ3) is 5.78. The van der Waals surface area contributed by atoms with Gasteiger partial charge in [0.25, 0.3) is 0 Å². The summed E-state index contributed by atoms with van der Waals surface area (Å²) in [7, 11) is -1.27. The molecule has 2 N–H and O–H groups in total. The van der Waals surface area contributed by atoms with Gasteiger partial charge >= 0.3 is 0 Å². The van der Waals surface area contributed by atoms with Crippen molar-refractivity contribution in [2.24, 2.45) is 10.9 Å². The minimum Gasteiger partial charge on any atom is -0.356 e. The van der Waals surface area contributed by atoms with Gasteiger partial charge in [-0.2, -0.15) is 0 Å². The minimum atomic E-state index is -3.02. The average molecular weight is 290 g/mol. The Kier molecular flexibility index (Phi) is 6.06. The number of sulfonamides is 1. The van der Waals surface area contributed by atoms with Gasteiger partial charge < -0.3 is 10.6 Å². The molecule has 0 spiro atoms. The van der Waals surface area contributed by atoms with Crippen molar-refractivity contribution in [1.29, 1.82) is 0 Å². The Balaban J connectivity index is 2.34. The summed E-state index contributed by atoms with van der Waals surface area (Å²) in [5.41, 5.74) is 0. The second-order valence-corrected chi connectivity index (χ2v) is 7.34. The highest BCUT2D eigenvalue weighted by Crippen LogP contribution is 2.18. The van der Waals surface area contributed by atoms with Gasteiger partial charge in [-0.3, -0.25) is 4.99 Å². The van der Waals surface area contributed by atoms with Crippen LogP contribution in [0.2, 0.25) is 0 Å². The predicted octanol–water partition coefficient (Wildman–Crippen LogP) is 0.231. The van der Waals surface area contributed by atoms with Crippen molar-refractivity contribution in [2.45, 2.75) is 32.7 Å². The number of nitrogens with one attached hydrogen (secondary N) is 2. The van der Waals surface area contributed by atoms with E-state index in [1.807, 2.05) is 0 Å². The molecule has 19 heavy (non-hydrogen) atoms. The van der Waals surface area contributed by atoms with Gasteiger partial charge in [0.05, 0.1) is 6.26 Å². The lowest BCUT2D eigenvalue weighted by molar-refractivity contribution is 0.274. The number of hydrogen-bond donors (Lipinski definition) is 2. The molecular formula is C12H26N4O2S. The molecule has 1 fully saturated rings. The number of hydrogen-bond acceptors (Lipinski definition) is 3. The van der Waals surface area contributed by atoms with Crippen molar-refractivity contribution in [2.75, 3.05) is 32.9 Å². The van der Waals surface area contributed by atoms with Gasteiger partial charge in [0.1, 0.15) is 0 Å². The molecular weight excluding hydrogens is 264 g/mol. The zero-order chi connectivity index (χ0) is 14.5. The van der Waals surface area contributed by atoms with Crippen molar-refractivity contribution in [3.63, 3.8) is 0 Å². The number of piperidine rings is 1. The average Bonchev–Trinajstić information content (AvgIpc) is 2.33. The van der Waals surface area contributed by atoms with Crippen LogP contribution in [0, 0.1) is 5.92 Å². The Morgan fingerprint density at radius 2 is 1.95 bits per heavy atom. The van der Waals surface area contributed by atoms with Crippen LogP contribution in [-0.2, 0) is 10.0 Å². The Labute approximate surface area is 116 Å². The number of guanidine groups is 1. The second kappa shape index (κ2) is 7.09. The van der Waals surface area contributed by atoms with Crippen molar-refractivity contribution in [1.82, 2.24) is 14.9 Å². The Morgan fingerprint density at radius 3 is 2.37 bits per heavy atom. The van der Waals surface area contributed by atoms with Crippen LogP contribution in [0.25, 0.3) is 0 Å². The summed E-state index contributed by atoms with van der Waals surface area (Å²) in [6.45, 7) is 6.22. The lowest BCUT2D eigenvalue weighted by Crippen LogP contribution is -2.45. The maximum Gasteiger partial charge on any atom is 0.211 e. The van der Waals surface area contributed by atoms with E-state index in [2.05, 4.69) is 29.5 Å². The van der Waals surface area contributed by atoms with E-state index in [-0.39, 0.29) is 0 Å². The van der Waals surface area contributed by atoms with E-state index in [0.717, 1.165) is 25.3 Å². The zero-order valence-electron chi connectivity index (χ0n) is 12.3. The molecule has 0 bridgehead atoms. The van der Waals surface area contributed by atoms with Crippen LogP contribution in [0.3, 0.4) is 0 Å². The van der Waals surface area contributed by atoms with E-state index < -0.39 is 10.0 Å². The highest BCUT2D eigenvalue weighted by molar-refractivity contribution is 7.88. The van der Waals surface area contributed by atoms with Gasteiger partial charge in [0.2, 0.25) is 10.0 Å². The molecule has 0 aromatic carbocycles. The first-order valence-electron chi connectivity index (χ1n) is 6.75. The molecule has 0 atom stereocenters. The smallest absolute Gasteiger partial charge is 0.211 e. The van der Waals surface area contributed by atoms with Crippen molar-refractivity contribution >= 4 is 16.0 Å². The summed E-state index contributed by atoms with van der Waals surface area (Å²) < 4.78 is 24.4. The van der Waals surface area contributed by atoms with E-state index in [9.17, 15) is 8.42 Å². The van der Waals surface area contributed by atoms with E-state index in [4.69, 9.17) is 0 Å². The fourth-order valence-corrected chi connectivity index (χ4v) is 3.03. The first-order valence-corrected chi connectivity index (χ1v) is 8.60. The largest absolute Gasteiger partial charge is 0.356 e. The summed E-state index contributed by atoms with van der Waals surface area (Å²) in [6.07, 6.45) is 3.08. The quantitative estimate of drug-likeness (QED) is 0.574. The van der Waals surface area contributed by atoms with Crippen LogP contribution < -0.4 is 10.6 Å². The first-order chi connectivity index (χ1) is 8.82. The molecule has 0 saturated carbocycles. The molecule has 7 heteroatoms. The molecule has 0 unspecified atom stereocenters. The summed E-state index contributed by atoms with van der Waals surface area (Å²) in [6, 6.07) is 0.346. The molecule has 1 saturated heterocycles. The molecule has 112 valence electrons. The zero-order valence-corrected chi connectivity index (χ0v) is 13.1. The third-order valence-corrected chi connectivity index (χ3v) is 4.55. The summed E-state index contributed by atoms with van der Waals surface area (Å²) in [5.74, 6) is 1.31. The SMILES string of the molecule is CN=C(NCC1CCN(S(C)(=O)=O)CC1)NC(C)C. The maximum absolute atomic E-state index is 11.4. The van der Waals surface area contributed by atoms with Crippen molar-refractivity contribution in [3.8, 4) is 0 Å². The Morgan fingerprint density at radius 1 is 1.37 bits per heavy atom. The van der Waals surface area contributed by atoms with Gasteiger partial charge in [-0.25, -0.2) is 12.7 Å². The van der Waals surface area contributed by atoms with Gasteiger partial charge in [0.15, 0.2) is 5.96 Å².